The summed E-state index contributed by atoms with van der Waals surface area (Å²) in [5, 5.41) is 14.4. The number of halogens is 1. The van der Waals surface area contributed by atoms with E-state index in [-0.39, 0.29) is 23.4 Å². The number of nitrogens with zero attached hydrogens (tertiary/aromatic N) is 2. The van der Waals surface area contributed by atoms with E-state index in [1.165, 1.54) is 6.07 Å². The fourth-order valence-electron chi connectivity index (χ4n) is 2.39. The quantitative estimate of drug-likeness (QED) is 0.681. The van der Waals surface area contributed by atoms with E-state index in [0.717, 1.165) is 13.1 Å². The van der Waals surface area contributed by atoms with Gasteiger partial charge in [-0.3, -0.25) is 10.1 Å². The maximum atomic E-state index is 12.1. The van der Waals surface area contributed by atoms with Gasteiger partial charge >= 0.3 is 6.09 Å². The van der Waals surface area contributed by atoms with E-state index in [1.54, 1.807) is 17.9 Å². The van der Waals surface area contributed by atoms with Gasteiger partial charge in [-0.2, -0.15) is 0 Å². The lowest BCUT2D eigenvalue weighted by atomic mass is 10.1. The summed E-state index contributed by atoms with van der Waals surface area (Å²) in [5.74, 6) is 0. The van der Waals surface area contributed by atoms with E-state index in [4.69, 9.17) is 16.3 Å². The van der Waals surface area contributed by atoms with Crippen molar-refractivity contribution in [3.63, 3.8) is 0 Å². The van der Waals surface area contributed by atoms with Crippen LogP contribution in [-0.4, -0.2) is 41.6 Å². The highest BCUT2D eigenvalue weighted by Gasteiger charge is 2.25. The summed E-state index contributed by atoms with van der Waals surface area (Å²) in [6, 6.07) is 2.93. The first-order chi connectivity index (χ1) is 10.4. The maximum Gasteiger partial charge on any atom is 0.410 e. The monoisotopic (exact) mass is 327 g/mol. The Bertz CT molecular complexity index is 594. The van der Waals surface area contributed by atoms with Crippen molar-refractivity contribution in [2.24, 2.45) is 0 Å². The number of carbonyl (C=O) groups excluding carboxylic acids is 1. The first-order valence-corrected chi connectivity index (χ1v) is 7.35. The Labute approximate surface area is 133 Å². The van der Waals surface area contributed by atoms with Crippen LogP contribution in [0.25, 0.3) is 0 Å². The van der Waals surface area contributed by atoms with Gasteiger partial charge in [-0.25, -0.2) is 4.79 Å². The molecule has 0 saturated carbocycles. The van der Waals surface area contributed by atoms with Crippen LogP contribution in [0.5, 0.6) is 0 Å². The highest BCUT2D eigenvalue weighted by atomic mass is 35.5. The molecule has 1 N–H and O–H groups in total. The summed E-state index contributed by atoms with van der Waals surface area (Å²) in [7, 11) is 0. The predicted molar refractivity (Wildman–Crippen MR) is 82.1 cm³/mol. The normalized spacial score (nSPS) is 18.1. The molecule has 0 bridgehead atoms. The molecule has 1 aromatic rings. The van der Waals surface area contributed by atoms with Gasteiger partial charge in [0.25, 0.3) is 5.69 Å². The number of nitrogens with one attached hydrogen (secondary N) is 1. The van der Waals surface area contributed by atoms with Crippen LogP contribution in [0.2, 0.25) is 5.02 Å². The molecule has 1 amide bonds. The van der Waals surface area contributed by atoms with Crippen molar-refractivity contribution in [1.29, 1.82) is 0 Å². The minimum absolute atomic E-state index is 0.0390. The van der Waals surface area contributed by atoms with Crippen molar-refractivity contribution in [3.8, 4) is 0 Å². The zero-order valence-corrected chi connectivity index (χ0v) is 13.2. The second-order valence-electron chi connectivity index (χ2n) is 5.27. The van der Waals surface area contributed by atoms with Crippen molar-refractivity contribution in [3.05, 3.63) is 38.4 Å². The molecule has 1 saturated heterocycles. The number of rotatable bonds is 3. The molecule has 0 radical (unpaired) electrons. The lowest BCUT2D eigenvalue weighted by molar-refractivity contribution is -0.385. The molecule has 8 heteroatoms. The lowest BCUT2D eigenvalue weighted by Gasteiger charge is -2.33. The Balaban J connectivity index is 2.08. The molecule has 0 aliphatic carbocycles. The molecule has 0 aromatic heterocycles. The largest absolute Gasteiger partial charge is 0.445 e. The first kappa shape index (κ1) is 16.5. The number of hydrogen-bond donors (Lipinski definition) is 1. The predicted octanol–water partition coefficient (Wildman–Crippen LogP) is 2.49. The Morgan fingerprint density at radius 1 is 1.59 bits per heavy atom. The van der Waals surface area contributed by atoms with Crippen LogP contribution in [0, 0.1) is 17.0 Å². The number of carbonyl (C=O) groups is 1. The smallest absolute Gasteiger partial charge is 0.410 e. The molecule has 22 heavy (non-hydrogen) atoms. The van der Waals surface area contributed by atoms with Crippen LogP contribution >= 0.6 is 11.6 Å². The van der Waals surface area contributed by atoms with Crippen LogP contribution < -0.4 is 5.32 Å². The summed E-state index contributed by atoms with van der Waals surface area (Å²) < 4.78 is 5.29. The van der Waals surface area contributed by atoms with Gasteiger partial charge < -0.3 is 15.0 Å². The molecule has 1 atom stereocenters. The molecule has 1 aliphatic rings. The molecule has 1 unspecified atom stereocenters. The molecular formula is C14H18ClN3O4. The van der Waals surface area contributed by atoms with E-state index in [2.05, 4.69) is 5.32 Å². The summed E-state index contributed by atoms with van der Waals surface area (Å²) >= 11 is 5.89. The van der Waals surface area contributed by atoms with Gasteiger partial charge in [-0.1, -0.05) is 11.6 Å². The maximum absolute atomic E-state index is 12.1. The second kappa shape index (κ2) is 6.93. The Hall–Kier alpha value is -1.86. The van der Waals surface area contributed by atoms with Crippen molar-refractivity contribution < 1.29 is 14.5 Å². The average Bonchev–Trinajstić information content (AvgIpc) is 2.47. The standard InChI is InChI=1S/C14H18ClN3O4/c1-9-7-16-3-4-17(9)14(19)22-8-11-5-12(15)6-13(10(11)2)18(20)21/h5-6,9,16H,3-4,7-8H2,1-2H3. The highest BCUT2D eigenvalue weighted by Crippen LogP contribution is 2.27. The number of nitro benzene ring substituents is 1. The number of amides is 1. The number of piperazine rings is 1. The second-order valence-corrected chi connectivity index (χ2v) is 5.70. The van der Waals surface area contributed by atoms with E-state index < -0.39 is 11.0 Å². The first-order valence-electron chi connectivity index (χ1n) is 6.97. The third kappa shape index (κ3) is 3.66. The van der Waals surface area contributed by atoms with Crippen molar-refractivity contribution >= 4 is 23.4 Å². The van der Waals surface area contributed by atoms with E-state index >= 15 is 0 Å². The minimum Gasteiger partial charge on any atom is -0.445 e. The SMILES string of the molecule is Cc1c(COC(=O)N2CCNCC2C)cc(Cl)cc1[N+](=O)[O-]. The Morgan fingerprint density at radius 2 is 2.32 bits per heavy atom. The van der Waals surface area contributed by atoms with E-state index in [1.807, 2.05) is 6.92 Å². The van der Waals surface area contributed by atoms with Gasteiger partial charge in [0.05, 0.1) is 4.92 Å². The average molecular weight is 328 g/mol. The highest BCUT2D eigenvalue weighted by molar-refractivity contribution is 6.30. The van der Waals surface area contributed by atoms with Crippen LogP contribution in [0.3, 0.4) is 0 Å². The van der Waals surface area contributed by atoms with Crippen molar-refractivity contribution in [1.82, 2.24) is 10.2 Å². The summed E-state index contributed by atoms with van der Waals surface area (Å²) in [6.07, 6.45) is -0.420. The third-order valence-corrected chi connectivity index (χ3v) is 3.95. The molecule has 2 rings (SSSR count). The number of ether oxygens (including phenoxy) is 1. The third-order valence-electron chi connectivity index (χ3n) is 3.74. The summed E-state index contributed by atoms with van der Waals surface area (Å²) in [4.78, 5) is 24.2. The number of benzene rings is 1. The summed E-state index contributed by atoms with van der Waals surface area (Å²) in [5.41, 5.74) is 0.917. The van der Waals surface area contributed by atoms with Gasteiger partial charge in [0.2, 0.25) is 0 Å². The van der Waals surface area contributed by atoms with Crippen LogP contribution in [-0.2, 0) is 11.3 Å². The van der Waals surface area contributed by atoms with Crippen molar-refractivity contribution in [2.75, 3.05) is 19.6 Å². The molecular weight excluding hydrogens is 310 g/mol. The van der Waals surface area contributed by atoms with Gasteiger partial charge in [0.1, 0.15) is 6.61 Å². The summed E-state index contributed by atoms with van der Waals surface area (Å²) in [6.45, 7) is 5.53. The zero-order valence-electron chi connectivity index (χ0n) is 12.5. The van der Waals surface area contributed by atoms with Gasteiger partial charge in [-0.05, 0) is 19.9 Å². The molecule has 7 nitrogen and oxygen atoms in total. The van der Waals surface area contributed by atoms with E-state index in [9.17, 15) is 14.9 Å². The fourth-order valence-corrected chi connectivity index (χ4v) is 2.63. The molecule has 0 spiro atoms. The number of hydrogen-bond acceptors (Lipinski definition) is 5. The fraction of sp³-hybridized carbons (Fsp3) is 0.500. The molecule has 1 aliphatic heterocycles. The lowest BCUT2D eigenvalue weighted by Crippen LogP contribution is -2.52. The Kier molecular flexibility index (Phi) is 5.20. The minimum atomic E-state index is -0.495. The Morgan fingerprint density at radius 3 is 2.95 bits per heavy atom. The topological polar surface area (TPSA) is 84.7 Å². The number of nitro groups is 1. The molecule has 120 valence electrons. The van der Waals surface area contributed by atoms with Gasteiger partial charge in [0.15, 0.2) is 0 Å². The molecule has 1 heterocycles. The zero-order chi connectivity index (χ0) is 16.3. The van der Waals surface area contributed by atoms with Crippen LogP contribution in [0.4, 0.5) is 10.5 Å². The van der Waals surface area contributed by atoms with Crippen LogP contribution in [0.1, 0.15) is 18.1 Å². The van der Waals surface area contributed by atoms with Gasteiger partial charge in [-0.15, -0.1) is 0 Å². The van der Waals surface area contributed by atoms with Crippen molar-refractivity contribution in [2.45, 2.75) is 26.5 Å². The van der Waals surface area contributed by atoms with Crippen LogP contribution in [0.15, 0.2) is 12.1 Å². The molecule has 1 fully saturated rings. The van der Waals surface area contributed by atoms with Gasteiger partial charge in [0, 0.05) is 47.9 Å². The van der Waals surface area contributed by atoms with E-state index in [0.29, 0.717) is 17.7 Å². The molecule has 1 aromatic carbocycles.